The van der Waals surface area contributed by atoms with Gasteiger partial charge in [0.1, 0.15) is 45.9 Å². The summed E-state index contributed by atoms with van der Waals surface area (Å²) in [4.78, 5) is 11.0. The van der Waals surface area contributed by atoms with E-state index in [1.165, 1.54) is 29.2 Å². The van der Waals surface area contributed by atoms with Crippen LogP contribution in [0.2, 0.25) is 0 Å². The summed E-state index contributed by atoms with van der Waals surface area (Å²) < 4.78 is 38.8. The molecule has 0 atom stereocenters. The van der Waals surface area contributed by atoms with Crippen LogP contribution in [0.5, 0.6) is 0 Å². The molecule has 42 heavy (non-hydrogen) atoms. The minimum Gasteiger partial charge on any atom is -0.245 e. The van der Waals surface area contributed by atoms with Crippen molar-refractivity contribution in [3.8, 4) is 23.7 Å². The Labute approximate surface area is 239 Å². The summed E-state index contributed by atoms with van der Waals surface area (Å²) in [7, 11) is 0. The number of benzene rings is 2. The van der Waals surface area contributed by atoms with Crippen LogP contribution in [0.4, 0.5) is 13.2 Å². The zero-order valence-corrected chi connectivity index (χ0v) is 22.3. The molecule has 0 bridgehead atoms. The molecule has 0 unspecified atom stereocenters. The number of hydrogen-bond donors (Lipinski definition) is 0. The minimum absolute atomic E-state index is 0.172. The van der Waals surface area contributed by atoms with Crippen molar-refractivity contribution in [2.45, 2.75) is 32.6 Å². The smallest absolute Gasteiger partial charge is 0.157 e. The van der Waals surface area contributed by atoms with Crippen LogP contribution in [0.15, 0.2) is 79.0 Å². The highest BCUT2D eigenvalue weighted by atomic mass is 19.1. The van der Waals surface area contributed by atoms with Crippen LogP contribution in [0.25, 0.3) is 22.1 Å². The first-order chi connectivity index (χ1) is 20.6. The molecule has 0 radical (unpaired) electrons. The van der Waals surface area contributed by atoms with Gasteiger partial charge in [-0.3, -0.25) is 0 Å². The molecule has 0 saturated carbocycles. The lowest BCUT2D eigenvalue weighted by Gasteiger charge is -1.94. The van der Waals surface area contributed by atoms with Crippen molar-refractivity contribution in [1.29, 1.82) is 0 Å². The maximum absolute atomic E-state index is 13.3. The Morgan fingerprint density at radius 3 is 2.02 bits per heavy atom. The second-order valence-corrected chi connectivity index (χ2v) is 8.80. The van der Waals surface area contributed by atoms with Crippen molar-refractivity contribution < 1.29 is 13.2 Å². The second-order valence-electron chi connectivity index (χ2n) is 8.80. The number of halogens is 3. The first-order valence-corrected chi connectivity index (χ1v) is 13.0. The molecule has 8 nitrogen and oxygen atoms in total. The lowest BCUT2D eigenvalue weighted by Crippen LogP contribution is -2.01. The Balaban J connectivity index is 0.000000169. The van der Waals surface area contributed by atoms with Crippen LogP contribution in [-0.4, -0.2) is 40.0 Å². The van der Waals surface area contributed by atoms with Crippen molar-refractivity contribution in [2.75, 3.05) is 0 Å². The molecule has 4 heterocycles. The third kappa shape index (κ3) is 7.55. The van der Waals surface area contributed by atoms with E-state index in [0.29, 0.717) is 48.4 Å². The van der Waals surface area contributed by atoms with Crippen molar-refractivity contribution in [3.63, 3.8) is 0 Å². The van der Waals surface area contributed by atoms with Gasteiger partial charge in [0.25, 0.3) is 0 Å². The van der Waals surface area contributed by atoms with Crippen LogP contribution in [0.3, 0.4) is 0 Å². The summed E-state index contributed by atoms with van der Waals surface area (Å²) in [6.45, 7) is 0.456. The molecule has 208 valence electrons. The van der Waals surface area contributed by atoms with E-state index < -0.39 is 12.5 Å². The van der Waals surface area contributed by atoms with E-state index in [-0.39, 0.29) is 11.5 Å². The van der Waals surface area contributed by atoms with Gasteiger partial charge in [-0.1, -0.05) is 30.0 Å². The standard InChI is InChI=1S/C16H12F2N4.C15H11FN4/c17-11-14-6-3-5-13(19-14)4-1-2-9-22-20-15-8-7-12(18)10-16(15)21-22;16-12-6-5-10-17-13(12)7-3-4-11-20-18-14-8-1-2-9-15(14)19-20/h3,5-8,10H,2,9,11H2;1-2,5-6,8-10H,4,11H2. The van der Waals surface area contributed by atoms with Gasteiger partial charge in [0.05, 0.1) is 18.8 Å². The zero-order chi connectivity index (χ0) is 29.1. The van der Waals surface area contributed by atoms with E-state index in [1.54, 1.807) is 35.1 Å². The molecule has 2 aromatic carbocycles. The molecule has 0 fully saturated rings. The van der Waals surface area contributed by atoms with Gasteiger partial charge in [-0.25, -0.2) is 23.1 Å². The van der Waals surface area contributed by atoms with Crippen molar-refractivity contribution in [2.24, 2.45) is 0 Å². The normalized spacial score (nSPS) is 10.4. The largest absolute Gasteiger partial charge is 0.245 e. The SMILES string of the molecule is FCc1cccc(C#CCCn2nc3ccc(F)cc3n2)n1.Fc1cccnc1C#CCCn1nc2ccccc2n1. The topological polar surface area (TPSA) is 87.2 Å². The fourth-order valence-electron chi connectivity index (χ4n) is 3.75. The molecule has 0 amide bonds. The molecule has 0 saturated heterocycles. The van der Waals surface area contributed by atoms with Crippen molar-refractivity contribution in [1.82, 2.24) is 40.0 Å². The van der Waals surface area contributed by atoms with E-state index in [1.807, 2.05) is 24.3 Å². The maximum atomic E-state index is 13.3. The van der Waals surface area contributed by atoms with Gasteiger partial charge >= 0.3 is 0 Å². The van der Waals surface area contributed by atoms with Gasteiger partial charge in [-0.2, -0.15) is 30.0 Å². The number of aromatic nitrogens is 8. The van der Waals surface area contributed by atoms with Crippen LogP contribution >= 0.6 is 0 Å². The molecule has 0 aliphatic carbocycles. The Kier molecular flexibility index (Phi) is 9.12. The number of aryl methyl sites for hydroxylation is 2. The van der Waals surface area contributed by atoms with E-state index in [0.717, 1.165) is 11.0 Å². The number of hydrogen-bond acceptors (Lipinski definition) is 6. The highest BCUT2D eigenvalue weighted by molar-refractivity contribution is 5.73. The quantitative estimate of drug-likeness (QED) is 0.265. The van der Waals surface area contributed by atoms with E-state index in [2.05, 4.69) is 54.0 Å². The lowest BCUT2D eigenvalue weighted by atomic mass is 10.3. The molecule has 0 aliphatic rings. The van der Waals surface area contributed by atoms with Crippen LogP contribution < -0.4 is 0 Å². The summed E-state index contributed by atoms with van der Waals surface area (Å²) in [5.41, 5.74) is 3.96. The number of nitrogens with zero attached hydrogens (tertiary/aromatic N) is 8. The van der Waals surface area contributed by atoms with Gasteiger partial charge < -0.3 is 0 Å². The zero-order valence-electron chi connectivity index (χ0n) is 22.3. The molecule has 11 heteroatoms. The van der Waals surface area contributed by atoms with Gasteiger partial charge in [-0.15, -0.1) is 0 Å². The Hall–Kier alpha value is -5.55. The molecular weight excluding hydrogens is 541 g/mol. The molecule has 0 spiro atoms. The third-order valence-corrected chi connectivity index (χ3v) is 5.71. The highest BCUT2D eigenvalue weighted by Gasteiger charge is 2.03. The summed E-state index contributed by atoms with van der Waals surface area (Å²) in [5.74, 6) is 10.7. The summed E-state index contributed by atoms with van der Waals surface area (Å²) >= 11 is 0. The van der Waals surface area contributed by atoms with Crippen LogP contribution in [0, 0.1) is 35.3 Å². The molecule has 0 aliphatic heterocycles. The van der Waals surface area contributed by atoms with Crippen molar-refractivity contribution in [3.05, 3.63) is 108 Å². The Morgan fingerprint density at radius 1 is 0.667 bits per heavy atom. The first kappa shape index (κ1) is 28.0. The average molecular weight is 565 g/mol. The lowest BCUT2D eigenvalue weighted by molar-refractivity contribution is 0.476. The number of rotatable bonds is 5. The van der Waals surface area contributed by atoms with Crippen LogP contribution in [-0.2, 0) is 19.8 Å². The minimum atomic E-state index is -0.601. The molecule has 6 rings (SSSR count). The number of alkyl halides is 1. The fourth-order valence-corrected chi connectivity index (χ4v) is 3.75. The molecule has 4 aromatic heterocycles. The third-order valence-electron chi connectivity index (χ3n) is 5.71. The maximum Gasteiger partial charge on any atom is 0.157 e. The number of pyridine rings is 2. The molecule has 6 aromatic rings. The second kappa shape index (κ2) is 13.7. The van der Waals surface area contributed by atoms with Gasteiger partial charge in [0.15, 0.2) is 5.82 Å². The molecule has 0 N–H and O–H groups in total. The van der Waals surface area contributed by atoms with Gasteiger partial charge in [0.2, 0.25) is 0 Å². The highest BCUT2D eigenvalue weighted by Crippen LogP contribution is 2.11. The monoisotopic (exact) mass is 564 g/mol. The summed E-state index contributed by atoms with van der Waals surface area (Å²) in [6.07, 6.45) is 2.58. The summed E-state index contributed by atoms with van der Waals surface area (Å²) in [6, 6.07) is 19.9. The van der Waals surface area contributed by atoms with Gasteiger partial charge in [0, 0.05) is 25.1 Å². The Morgan fingerprint density at radius 2 is 1.33 bits per heavy atom. The van der Waals surface area contributed by atoms with E-state index >= 15 is 0 Å². The summed E-state index contributed by atoms with van der Waals surface area (Å²) in [5, 5.41) is 17.1. The molecular formula is C31H23F3N8. The van der Waals surface area contributed by atoms with Crippen molar-refractivity contribution >= 4 is 22.1 Å². The average Bonchev–Trinajstić information content (AvgIpc) is 3.62. The Bertz CT molecular complexity index is 1910. The van der Waals surface area contributed by atoms with Gasteiger partial charge in [-0.05, 0) is 60.4 Å². The fraction of sp³-hybridized carbons (Fsp3) is 0.161. The first-order valence-electron chi connectivity index (χ1n) is 13.0. The van der Waals surface area contributed by atoms with E-state index in [4.69, 9.17) is 0 Å². The van der Waals surface area contributed by atoms with Crippen LogP contribution in [0.1, 0.15) is 29.9 Å². The number of fused-ring (bicyclic) bond motifs is 2. The predicted molar refractivity (Wildman–Crippen MR) is 151 cm³/mol. The predicted octanol–water partition coefficient (Wildman–Crippen LogP) is 5.28. The van der Waals surface area contributed by atoms with E-state index in [9.17, 15) is 13.2 Å².